The summed E-state index contributed by atoms with van der Waals surface area (Å²) in [4.78, 5) is 24.1. The average Bonchev–Trinajstić information content (AvgIpc) is 2.78. The van der Waals surface area contributed by atoms with Crippen molar-refractivity contribution in [3.8, 4) is 11.5 Å². The number of carbonyl (C=O) groups is 2. The summed E-state index contributed by atoms with van der Waals surface area (Å²) < 4.78 is 10.5. The van der Waals surface area contributed by atoms with Crippen molar-refractivity contribution in [2.75, 3.05) is 19.5 Å². The molecule has 3 aromatic rings. The second-order valence-electron chi connectivity index (χ2n) is 6.47. The number of fused-ring (bicyclic) bond motifs is 1. The number of hydrogen-bond acceptors (Lipinski definition) is 5. The van der Waals surface area contributed by atoms with Gasteiger partial charge >= 0.3 is 0 Å². The van der Waals surface area contributed by atoms with E-state index >= 15 is 0 Å². The smallest absolute Gasteiger partial charge is 0.240 e. The summed E-state index contributed by atoms with van der Waals surface area (Å²) in [7, 11) is 3.16. The van der Waals surface area contributed by atoms with E-state index in [-0.39, 0.29) is 24.7 Å². The van der Waals surface area contributed by atoms with E-state index in [1.165, 1.54) is 0 Å². The summed E-state index contributed by atoms with van der Waals surface area (Å²) in [6, 6.07) is 18.6. The molecule has 0 atom stereocenters. The molecule has 0 bridgehead atoms. The Morgan fingerprint density at radius 1 is 0.900 bits per heavy atom. The van der Waals surface area contributed by atoms with E-state index in [2.05, 4.69) is 15.8 Å². The fourth-order valence-electron chi connectivity index (χ4n) is 2.94. The van der Waals surface area contributed by atoms with Crippen LogP contribution in [0.15, 0.2) is 65.8 Å². The average molecular weight is 405 g/mol. The van der Waals surface area contributed by atoms with Crippen molar-refractivity contribution in [3.05, 3.63) is 66.2 Å². The number of benzene rings is 3. The first-order valence-electron chi connectivity index (χ1n) is 9.42. The first kappa shape index (κ1) is 20.9. The molecule has 0 heterocycles. The molecule has 0 unspecified atom stereocenters. The molecule has 3 aromatic carbocycles. The number of hydrazone groups is 1. The van der Waals surface area contributed by atoms with Gasteiger partial charge in [0.05, 0.1) is 20.4 Å². The summed E-state index contributed by atoms with van der Waals surface area (Å²) in [6.45, 7) is 0. The highest BCUT2D eigenvalue weighted by Crippen LogP contribution is 2.26. The van der Waals surface area contributed by atoms with Gasteiger partial charge in [0.2, 0.25) is 11.8 Å². The van der Waals surface area contributed by atoms with E-state index in [4.69, 9.17) is 9.47 Å². The zero-order valence-electron chi connectivity index (χ0n) is 16.8. The third-order valence-electron chi connectivity index (χ3n) is 4.49. The van der Waals surface area contributed by atoms with Crippen molar-refractivity contribution in [1.29, 1.82) is 0 Å². The standard InChI is InChI=1S/C23H23N3O4/c1-29-18-10-8-17(9-11-18)25-22(27)13-14-23(28)26-24-15-20-19-6-4-3-5-16(19)7-12-21(20)30-2/h3-12,15H,13-14H2,1-2H3,(H,25,27)(H,26,28). The van der Waals surface area contributed by atoms with Gasteiger partial charge in [-0.2, -0.15) is 5.10 Å². The lowest BCUT2D eigenvalue weighted by atomic mass is 10.0. The van der Waals surface area contributed by atoms with E-state index in [0.29, 0.717) is 17.2 Å². The van der Waals surface area contributed by atoms with Crippen LogP contribution in [0.5, 0.6) is 11.5 Å². The summed E-state index contributed by atoms with van der Waals surface area (Å²) in [5, 5.41) is 8.78. The first-order chi connectivity index (χ1) is 14.6. The molecule has 0 radical (unpaired) electrons. The Balaban J connectivity index is 1.54. The topological polar surface area (TPSA) is 89.0 Å². The Bertz CT molecular complexity index is 1060. The largest absolute Gasteiger partial charge is 0.497 e. The van der Waals surface area contributed by atoms with Gasteiger partial charge in [0.25, 0.3) is 0 Å². The third kappa shape index (κ3) is 5.35. The summed E-state index contributed by atoms with van der Waals surface area (Å²) in [5.74, 6) is 0.754. The van der Waals surface area contributed by atoms with Crippen molar-refractivity contribution in [2.45, 2.75) is 12.8 Å². The van der Waals surface area contributed by atoms with Crippen LogP contribution in [0.3, 0.4) is 0 Å². The molecule has 7 heteroatoms. The van der Waals surface area contributed by atoms with Gasteiger partial charge in [-0.1, -0.05) is 30.3 Å². The predicted molar refractivity (Wildman–Crippen MR) is 117 cm³/mol. The van der Waals surface area contributed by atoms with E-state index < -0.39 is 0 Å². The number of hydrogen-bond donors (Lipinski definition) is 2. The number of anilines is 1. The van der Waals surface area contributed by atoms with Gasteiger partial charge in [0.1, 0.15) is 11.5 Å². The monoisotopic (exact) mass is 405 g/mol. The van der Waals surface area contributed by atoms with Crippen molar-refractivity contribution in [3.63, 3.8) is 0 Å². The first-order valence-corrected chi connectivity index (χ1v) is 9.42. The fraction of sp³-hybridized carbons (Fsp3) is 0.174. The van der Waals surface area contributed by atoms with Crippen LogP contribution >= 0.6 is 0 Å². The summed E-state index contributed by atoms with van der Waals surface area (Å²) >= 11 is 0. The minimum Gasteiger partial charge on any atom is -0.497 e. The second kappa shape index (κ2) is 10.1. The van der Waals surface area contributed by atoms with Crippen molar-refractivity contribution < 1.29 is 19.1 Å². The fourth-order valence-corrected chi connectivity index (χ4v) is 2.94. The van der Waals surface area contributed by atoms with Crippen LogP contribution in [-0.2, 0) is 9.59 Å². The number of nitrogens with zero attached hydrogens (tertiary/aromatic N) is 1. The Morgan fingerprint density at radius 3 is 2.37 bits per heavy atom. The van der Waals surface area contributed by atoms with Crippen LogP contribution in [0.2, 0.25) is 0 Å². The molecule has 2 amide bonds. The van der Waals surface area contributed by atoms with E-state index in [1.807, 2.05) is 36.4 Å². The third-order valence-corrected chi connectivity index (χ3v) is 4.49. The van der Waals surface area contributed by atoms with Crippen LogP contribution < -0.4 is 20.2 Å². The lowest BCUT2D eigenvalue weighted by molar-refractivity contribution is -0.124. The molecule has 0 aliphatic heterocycles. The van der Waals surface area contributed by atoms with Crippen molar-refractivity contribution >= 4 is 34.5 Å². The van der Waals surface area contributed by atoms with E-state index in [1.54, 1.807) is 44.7 Å². The molecule has 154 valence electrons. The number of nitrogens with one attached hydrogen (secondary N) is 2. The number of carbonyl (C=O) groups excluding carboxylic acids is 2. The second-order valence-corrected chi connectivity index (χ2v) is 6.47. The zero-order valence-corrected chi connectivity index (χ0v) is 16.8. The van der Waals surface area contributed by atoms with Crippen molar-refractivity contribution in [2.24, 2.45) is 5.10 Å². The van der Waals surface area contributed by atoms with Crippen molar-refractivity contribution in [1.82, 2.24) is 5.43 Å². The summed E-state index contributed by atoms with van der Waals surface area (Å²) in [6.07, 6.45) is 1.62. The number of ether oxygens (including phenoxy) is 2. The molecule has 30 heavy (non-hydrogen) atoms. The van der Waals surface area contributed by atoms with Gasteiger partial charge in [-0.15, -0.1) is 0 Å². The molecule has 0 aliphatic carbocycles. The number of methoxy groups -OCH3 is 2. The maximum atomic E-state index is 12.0. The van der Waals surface area contributed by atoms with Gasteiger partial charge in [-0.05, 0) is 41.1 Å². The maximum absolute atomic E-state index is 12.0. The number of rotatable bonds is 8. The lowest BCUT2D eigenvalue weighted by Gasteiger charge is -2.08. The molecule has 2 N–H and O–H groups in total. The van der Waals surface area contributed by atoms with Crippen LogP contribution in [0.4, 0.5) is 5.69 Å². The van der Waals surface area contributed by atoms with Crippen LogP contribution in [0, 0.1) is 0 Å². The Kier molecular flexibility index (Phi) is 7.00. The summed E-state index contributed by atoms with van der Waals surface area (Å²) in [5.41, 5.74) is 3.87. The van der Waals surface area contributed by atoms with Gasteiger partial charge in [0, 0.05) is 24.1 Å². The highest BCUT2D eigenvalue weighted by atomic mass is 16.5. The minimum atomic E-state index is -0.352. The van der Waals surface area contributed by atoms with Gasteiger partial charge in [-0.25, -0.2) is 5.43 Å². The molecule has 0 spiro atoms. The van der Waals surface area contributed by atoms with Crippen LogP contribution in [0.25, 0.3) is 10.8 Å². The molecule has 0 fully saturated rings. The normalized spacial score (nSPS) is 10.7. The molecule has 0 saturated carbocycles. The number of amides is 2. The molecule has 3 rings (SSSR count). The molecule has 0 aliphatic rings. The van der Waals surface area contributed by atoms with Crippen LogP contribution in [-0.4, -0.2) is 32.2 Å². The molecular formula is C23H23N3O4. The zero-order chi connectivity index (χ0) is 21.3. The lowest BCUT2D eigenvalue weighted by Crippen LogP contribution is -2.20. The molecule has 0 aromatic heterocycles. The van der Waals surface area contributed by atoms with Gasteiger partial charge in [0.15, 0.2) is 0 Å². The van der Waals surface area contributed by atoms with Crippen LogP contribution in [0.1, 0.15) is 18.4 Å². The highest BCUT2D eigenvalue weighted by Gasteiger charge is 2.08. The molecule has 0 saturated heterocycles. The molecule has 7 nitrogen and oxygen atoms in total. The van der Waals surface area contributed by atoms with E-state index in [0.717, 1.165) is 16.3 Å². The highest BCUT2D eigenvalue weighted by molar-refractivity contribution is 6.02. The van der Waals surface area contributed by atoms with Gasteiger partial charge < -0.3 is 14.8 Å². The Labute approximate surface area is 174 Å². The SMILES string of the molecule is COc1ccc(NC(=O)CCC(=O)NN=Cc2c(OC)ccc3ccccc23)cc1. The van der Waals surface area contributed by atoms with Gasteiger partial charge in [-0.3, -0.25) is 9.59 Å². The predicted octanol–water partition coefficient (Wildman–Crippen LogP) is 3.73. The quantitative estimate of drug-likeness (QED) is 0.441. The van der Waals surface area contributed by atoms with E-state index in [9.17, 15) is 9.59 Å². The Hall–Kier alpha value is -3.87. The minimum absolute atomic E-state index is 0.0198. The maximum Gasteiger partial charge on any atom is 0.240 e. The Morgan fingerprint density at radius 2 is 1.63 bits per heavy atom. The molecular weight excluding hydrogens is 382 g/mol.